The molecule has 0 aliphatic rings. The summed E-state index contributed by atoms with van der Waals surface area (Å²) in [5, 5.41) is 7.80. The Balaban J connectivity index is 3.51. The molecule has 0 aromatic carbocycles. The number of carbonyl (C=O) groups is 1. The van der Waals surface area contributed by atoms with Crippen molar-refractivity contribution in [2.45, 2.75) is 31.4 Å². The number of halogens is 2. The van der Waals surface area contributed by atoms with Gasteiger partial charge in [0.25, 0.3) is 0 Å². The van der Waals surface area contributed by atoms with Gasteiger partial charge in [-0.3, -0.25) is 4.79 Å². The number of thioether (sulfide) groups is 1. The van der Waals surface area contributed by atoms with Crippen LogP contribution in [-0.4, -0.2) is 28.0 Å². The molecule has 0 heterocycles. The van der Waals surface area contributed by atoms with E-state index in [9.17, 15) is 13.6 Å². The second-order valence-electron chi connectivity index (χ2n) is 2.67. The predicted molar refractivity (Wildman–Crippen MR) is 44.8 cm³/mol. The van der Waals surface area contributed by atoms with Gasteiger partial charge in [-0.1, -0.05) is 0 Å². The fourth-order valence-electron chi connectivity index (χ4n) is 0.486. The van der Waals surface area contributed by atoms with Crippen LogP contribution in [0.2, 0.25) is 0 Å². The standard InChI is InChI=1S/C7H12F2O2S/c1-5(6(10)11)12-4-3-7(2,8)9/h5H,3-4H2,1-2H3,(H,10,11). The van der Waals surface area contributed by atoms with Crippen molar-refractivity contribution in [2.75, 3.05) is 5.75 Å². The Labute approximate surface area is 74.3 Å². The second-order valence-corrected chi connectivity index (χ2v) is 4.12. The largest absolute Gasteiger partial charge is 0.480 e. The van der Waals surface area contributed by atoms with Crippen LogP contribution in [0, 0.1) is 0 Å². The number of hydrogen-bond acceptors (Lipinski definition) is 2. The van der Waals surface area contributed by atoms with Crippen molar-refractivity contribution in [3.8, 4) is 0 Å². The lowest BCUT2D eigenvalue weighted by molar-refractivity contribution is -0.136. The first-order valence-electron chi connectivity index (χ1n) is 3.55. The Morgan fingerprint density at radius 2 is 2.17 bits per heavy atom. The van der Waals surface area contributed by atoms with Crippen LogP contribution >= 0.6 is 11.8 Å². The van der Waals surface area contributed by atoms with Gasteiger partial charge in [0.2, 0.25) is 5.92 Å². The lowest BCUT2D eigenvalue weighted by Crippen LogP contribution is -2.15. The third-order valence-corrected chi connectivity index (χ3v) is 2.40. The predicted octanol–water partition coefficient (Wildman–Crippen LogP) is 2.24. The molecule has 0 aliphatic carbocycles. The summed E-state index contributed by atoms with van der Waals surface area (Å²) >= 11 is 1.03. The van der Waals surface area contributed by atoms with Gasteiger partial charge >= 0.3 is 5.97 Å². The minimum Gasteiger partial charge on any atom is -0.480 e. The van der Waals surface area contributed by atoms with E-state index in [0.717, 1.165) is 18.7 Å². The zero-order valence-corrected chi connectivity index (χ0v) is 7.83. The van der Waals surface area contributed by atoms with E-state index in [4.69, 9.17) is 5.11 Å². The molecule has 72 valence electrons. The number of aliphatic carboxylic acids is 1. The molecule has 12 heavy (non-hydrogen) atoms. The number of carboxylic acid groups (broad SMARTS) is 1. The molecule has 0 amide bonds. The van der Waals surface area contributed by atoms with E-state index in [1.54, 1.807) is 0 Å². The van der Waals surface area contributed by atoms with Crippen molar-refractivity contribution in [3.63, 3.8) is 0 Å². The van der Waals surface area contributed by atoms with Crippen molar-refractivity contribution >= 4 is 17.7 Å². The Bertz CT molecular complexity index is 156. The molecule has 0 aromatic rings. The zero-order chi connectivity index (χ0) is 9.78. The molecule has 0 spiro atoms. The maximum atomic E-state index is 12.2. The molecule has 2 nitrogen and oxygen atoms in total. The van der Waals surface area contributed by atoms with Gasteiger partial charge in [-0.25, -0.2) is 8.78 Å². The van der Waals surface area contributed by atoms with E-state index in [1.807, 2.05) is 0 Å². The molecule has 0 bridgehead atoms. The molecular formula is C7H12F2O2S. The highest BCUT2D eigenvalue weighted by Gasteiger charge is 2.21. The first-order valence-corrected chi connectivity index (χ1v) is 4.60. The number of hydrogen-bond donors (Lipinski definition) is 1. The SMILES string of the molecule is CC(SCCC(C)(F)F)C(=O)O. The Kier molecular flexibility index (Phi) is 4.52. The minimum absolute atomic E-state index is 0.178. The molecule has 0 radical (unpaired) electrons. The fourth-order valence-corrected chi connectivity index (χ4v) is 1.46. The monoisotopic (exact) mass is 198 g/mol. The summed E-state index contributed by atoms with van der Waals surface area (Å²) < 4.78 is 24.4. The average Bonchev–Trinajstić information content (AvgIpc) is 1.84. The number of rotatable bonds is 5. The van der Waals surface area contributed by atoms with E-state index in [1.165, 1.54) is 6.92 Å². The zero-order valence-electron chi connectivity index (χ0n) is 7.01. The summed E-state index contributed by atoms with van der Waals surface area (Å²) in [6.07, 6.45) is -0.269. The molecule has 1 N–H and O–H groups in total. The van der Waals surface area contributed by atoms with Crippen molar-refractivity contribution in [3.05, 3.63) is 0 Å². The summed E-state index contributed by atoms with van der Waals surface area (Å²) in [4.78, 5) is 10.2. The summed E-state index contributed by atoms with van der Waals surface area (Å²) in [6.45, 7) is 2.32. The highest BCUT2D eigenvalue weighted by atomic mass is 32.2. The maximum absolute atomic E-state index is 12.2. The highest BCUT2D eigenvalue weighted by molar-refractivity contribution is 8.00. The van der Waals surface area contributed by atoms with Gasteiger partial charge in [0.1, 0.15) is 0 Å². The highest BCUT2D eigenvalue weighted by Crippen LogP contribution is 2.21. The van der Waals surface area contributed by atoms with Crippen molar-refractivity contribution in [1.29, 1.82) is 0 Å². The van der Waals surface area contributed by atoms with Crippen molar-refractivity contribution in [2.24, 2.45) is 0 Å². The van der Waals surface area contributed by atoms with Crippen LogP contribution in [-0.2, 0) is 4.79 Å². The van der Waals surface area contributed by atoms with Gasteiger partial charge in [0, 0.05) is 6.42 Å². The topological polar surface area (TPSA) is 37.3 Å². The average molecular weight is 198 g/mol. The van der Waals surface area contributed by atoms with Crippen LogP contribution in [0.25, 0.3) is 0 Å². The Hall–Kier alpha value is -0.320. The van der Waals surface area contributed by atoms with Gasteiger partial charge in [0.05, 0.1) is 5.25 Å². The lowest BCUT2D eigenvalue weighted by atomic mass is 10.3. The molecule has 0 aliphatic heterocycles. The third kappa shape index (κ3) is 6.39. The van der Waals surface area contributed by atoms with E-state index in [0.29, 0.717) is 0 Å². The molecule has 5 heteroatoms. The smallest absolute Gasteiger partial charge is 0.316 e. The number of carboxylic acids is 1. The quantitative estimate of drug-likeness (QED) is 0.736. The maximum Gasteiger partial charge on any atom is 0.316 e. The fraction of sp³-hybridized carbons (Fsp3) is 0.857. The van der Waals surface area contributed by atoms with Crippen LogP contribution < -0.4 is 0 Å². The minimum atomic E-state index is -2.69. The normalized spacial score (nSPS) is 14.3. The summed E-state index contributed by atoms with van der Waals surface area (Å²) in [7, 11) is 0. The van der Waals surface area contributed by atoms with Gasteiger partial charge < -0.3 is 5.11 Å². The first kappa shape index (κ1) is 11.7. The molecular weight excluding hydrogens is 186 g/mol. The molecule has 1 unspecified atom stereocenters. The van der Waals surface area contributed by atoms with Crippen LogP contribution in [0.15, 0.2) is 0 Å². The third-order valence-electron chi connectivity index (χ3n) is 1.26. The Morgan fingerprint density at radius 1 is 1.67 bits per heavy atom. The number of alkyl halides is 2. The van der Waals surface area contributed by atoms with Gasteiger partial charge in [-0.2, -0.15) is 0 Å². The molecule has 0 saturated heterocycles. The molecule has 1 atom stereocenters. The van der Waals surface area contributed by atoms with Crippen LogP contribution in [0.4, 0.5) is 8.78 Å². The van der Waals surface area contributed by atoms with E-state index < -0.39 is 17.1 Å². The summed E-state index contributed by atoms with van der Waals surface area (Å²) in [5.74, 6) is -3.47. The molecule has 0 saturated carbocycles. The first-order chi connectivity index (χ1) is 5.33. The Morgan fingerprint density at radius 3 is 2.50 bits per heavy atom. The van der Waals surface area contributed by atoms with Gasteiger partial charge in [-0.05, 0) is 19.6 Å². The molecule has 0 aromatic heterocycles. The summed E-state index contributed by atoms with van der Waals surface area (Å²) in [5.41, 5.74) is 0. The van der Waals surface area contributed by atoms with Gasteiger partial charge in [0.15, 0.2) is 0 Å². The van der Waals surface area contributed by atoms with Crippen molar-refractivity contribution in [1.82, 2.24) is 0 Å². The molecule has 0 rings (SSSR count). The van der Waals surface area contributed by atoms with E-state index >= 15 is 0 Å². The summed E-state index contributed by atoms with van der Waals surface area (Å²) in [6, 6.07) is 0. The van der Waals surface area contributed by atoms with Crippen molar-refractivity contribution < 1.29 is 18.7 Å². The second kappa shape index (κ2) is 4.64. The van der Waals surface area contributed by atoms with Crippen LogP contribution in [0.3, 0.4) is 0 Å². The van der Waals surface area contributed by atoms with E-state index in [-0.39, 0.29) is 12.2 Å². The molecule has 0 fully saturated rings. The van der Waals surface area contributed by atoms with Crippen LogP contribution in [0.5, 0.6) is 0 Å². The van der Waals surface area contributed by atoms with Crippen LogP contribution in [0.1, 0.15) is 20.3 Å². The lowest BCUT2D eigenvalue weighted by Gasteiger charge is -2.10. The van der Waals surface area contributed by atoms with E-state index in [2.05, 4.69) is 0 Å². The van der Waals surface area contributed by atoms with Gasteiger partial charge in [-0.15, -0.1) is 11.8 Å².